The zero-order valence-electron chi connectivity index (χ0n) is 31.3. The molecule has 48 heavy (non-hydrogen) atoms. The van der Waals surface area contributed by atoms with Gasteiger partial charge in [0.25, 0.3) is 0 Å². The summed E-state index contributed by atoms with van der Waals surface area (Å²) in [5, 5.41) is 16.3. The van der Waals surface area contributed by atoms with Crippen LogP contribution in [0.2, 0.25) is 0 Å². The van der Waals surface area contributed by atoms with Crippen LogP contribution in [-0.2, 0) is 21.7 Å². The molecule has 0 aliphatic rings. The van der Waals surface area contributed by atoms with E-state index in [0.29, 0.717) is 0 Å². The van der Waals surface area contributed by atoms with Gasteiger partial charge >= 0.3 is 0 Å². The predicted molar refractivity (Wildman–Crippen MR) is 219 cm³/mol. The number of benzene rings is 7. The molecule has 0 saturated heterocycles. The smallest absolute Gasteiger partial charge is 0.0256 e. The second-order valence-corrected chi connectivity index (χ2v) is 19.3. The predicted octanol–water partition coefficient (Wildman–Crippen LogP) is 14.9. The largest absolute Gasteiger partial charge is 0.0584 e. The molecule has 7 aromatic carbocycles. The molecule has 246 valence electrons. The number of hydrogen-bond acceptors (Lipinski definition) is 0. The zero-order valence-corrected chi connectivity index (χ0v) is 32.9. The second kappa shape index (κ2) is 10.5. The molecule has 0 spiro atoms. The molecule has 0 heterocycles. The van der Waals surface area contributed by atoms with E-state index in [1.54, 1.807) is 0 Å². The molecule has 0 aromatic heterocycles. The monoisotopic (exact) mass is 694 g/mol. The van der Waals surface area contributed by atoms with E-state index >= 15 is 0 Å². The lowest BCUT2D eigenvalue weighted by Gasteiger charge is -2.28. The molecule has 0 atom stereocenters. The van der Waals surface area contributed by atoms with Crippen LogP contribution in [0.1, 0.15) is 111 Å². The van der Waals surface area contributed by atoms with Crippen molar-refractivity contribution in [1.29, 1.82) is 0 Å². The molecule has 7 rings (SSSR count). The van der Waals surface area contributed by atoms with Gasteiger partial charge in [-0.25, -0.2) is 0 Å². The van der Waals surface area contributed by atoms with Crippen LogP contribution in [0.5, 0.6) is 0 Å². The second-order valence-electron chi connectivity index (χ2n) is 18.5. The Kier molecular flexibility index (Phi) is 7.27. The van der Waals surface area contributed by atoms with E-state index in [1.807, 2.05) is 0 Å². The number of aryl methyl sites for hydroxylation is 1. The average molecular weight is 696 g/mol. The number of halogens is 1. The molecule has 1 heteroatoms. The molecule has 0 amide bonds. The van der Waals surface area contributed by atoms with E-state index in [9.17, 15) is 0 Å². The highest BCUT2D eigenvalue weighted by Gasteiger charge is 2.27. The summed E-state index contributed by atoms with van der Waals surface area (Å²) in [6.07, 6.45) is 0. The van der Waals surface area contributed by atoms with E-state index in [-0.39, 0.29) is 21.7 Å². The van der Waals surface area contributed by atoms with Gasteiger partial charge in [0, 0.05) is 4.47 Å². The molecule has 0 fully saturated rings. The molecular weight excluding hydrogens is 644 g/mol. The summed E-state index contributed by atoms with van der Waals surface area (Å²) in [4.78, 5) is 0. The highest BCUT2D eigenvalue weighted by molar-refractivity contribution is 9.10. The summed E-state index contributed by atoms with van der Waals surface area (Å²) in [7, 11) is 0. The minimum absolute atomic E-state index is 0.0334. The fraction of sp³-hybridized carbons (Fsp3) is 0.362. The first-order valence-electron chi connectivity index (χ1n) is 17.6. The average Bonchev–Trinajstić information content (AvgIpc) is 2.97. The van der Waals surface area contributed by atoms with Gasteiger partial charge in [0.2, 0.25) is 0 Å². The first kappa shape index (κ1) is 33.1. The number of rotatable bonds is 0. The summed E-state index contributed by atoms with van der Waals surface area (Å²) < 4.78 is 1.17. The van der Waals surface area contributed by atoms with Crippen LogP contribution in [0.15, 0.2) is 77.3 Å². The highest BCUT2D eigenvalue weighted by atomic mass is 79.9. The lowest BCUT2D eigenvalue weighted by Crippen LogP contribution is -2.14. The molecule has 0 bridgehead atoms. The highest BCUT2D eigenvalue weighted by Crippen LogP contribution is 2.48. The Hall–Kier alpha value is -3.42. The minimum Gasteiger partial charge on any atom is -0.0584 e. The van der Waals surface area contributed by atoms with Crippen LogP contribution in [0, 0.1) is 6.92 Å². The topological polar surface area (TPSA) is 0 Å². The van der Waals surface area contributed by atoms with Crippen LogP contribution in [0.4, 0.5) is 0 Å². The van der Waals surface area contributed by atoms with E-state index in [4.69, 9.17) is 0 Å². The third kappa shape index (κ3) is 5.06. The molecule has 0 N–H and O–H groups in total. The number of hydrogen-bond donors (Lipinski definition) is 0. The summed E-state index contributed by atoms with van der Waals surface area (Å²) in [6.45, 7) is 30.5. The van der Waals surface area contributed by atoms with Gasteiger partial charge in [-0.1, -0.05) is 148 Å². The van der Waals surface area contributed by atoms with Gasteiger partial charge in [0.1, 0.15) is 0 Å². The Morgan fingerprint density at radius 2 is 0.750 bits per heavy atom. The molecule has 0 saturated carbocycles. The Morgan fingerprint density at radius 1 is 0.354 bits per heavy atom. The van der Waals surface area contributed by atoms with Crippen molar-refractivity contribution in [2.45, 2.75) is 112 Å². The van der Waals surface area contributed by atoms with E-state index in [1.165, 1.54) is 96.9 Å². The molecular formula is C47H51Br. The summed E-state index contributed by atoms with van der Waals surface area (Å²) in [5.74, 6) is 0. The fourth-order valence-corrected chi connectivity index (χ4v) is 8.69. The van der Waals surface area contributed by atoms with Crippen molar-refractivity contribution in [3.05, 3.63) is 105 Å². The Morgan fingerprint density at radius 3 is 1.21 bits per heavy atom. The molecule has 0 unspecified atom stereocenters. The quantitative estimate of drug-likeness (QED) is 0.139. The molecule has 0 nitrogen and oxygen atoms in total. The van der Waals surface area contributed by atoms with Crippen molar-refractivity contribution in [2.24, 2.45) is 0 Å². The minimum atomic E-state index is -0.0544. The molecule has 0 aliphatic carbocycles. The van der Waals surface area contributed by atoms with Crippen molar-refractivity contribution in [1.82, 2.24) is 0 Å². The van der Waals surface area contributed by atoms with E-state index < -0.39 is 0 Å². The maximum Gasteiger partial charge on any atom is 0.0256 e. The van der Waals surface area contributed by atoms with Gasteiger partial charge in [0.05, 0.1) is 0 Å². The molecule has 7 aromatic rings. The van der Waals surface area contributed by atoms with Gasteiger partial charge in [-0.15, -0.1) is 0 Å². The fourth-order valence-electron chi connectivity index (χ4n) is 8.10. The first-order valence-corrected chi connectivity index (χ1v) is 18.4. The van der Waals surface area contributed by atoms with E-state index in [2.05, 4.69) is 179 Å². The van der Waals surface area contributed by atoms with Crippen LogP contribution in [0.3, 0.4) is 0 Å². The standard InChI is InChI=1S/C47H51Br/c1-26-14-21-37(45(5,6)7)41-28(26)15-16-29-32-19-17-30-33-20-18-31-34(22-27(23-40(31)48)44(2,3)4)42(33)38(46(8,9)10)25-36(30)43(32)39(24-35(29)41)47(11,12)13/h14-25H,1-13H3. The Labute approximate surface area is 296 Å². The lowest BCUT2D eigenvalue weighted by molar-refractivity contribution is 0.590. The van der Waals surface area contributed by atoms with Crippen LogP contribution >= 0.6 is 15.9 Å². The summed E-state index contributed by atoms with van der Waals surface area (Å²) in [5.41, 5.74) is 6.91. The third-order valence-electron chi connectivity index (χ3n) is 10.8. The molecule has 0 aliphatic heterocycles. The number of fused-ring (bicyclic) bond motifs is 11. The normalized spacial score (nSPS) is 13.6. The zero-order chi connectivity index (χ0) is 34.9. The van der Waals surface area contributed by atoms with Crippen LogP contribution < -0.4 is 0 Å². The SMILES string of the molecule is Cc1ccc(C(C)(C)C)c2c1ccc1c2cc(C(C)(C)C)c2c1ccc1c3ccc4c(Br)cc(C(C)(C)C)cc4c3c(C(C)(C)C)cc12. The maximum absolute atomic E-state index is 3.98. The van der Waals surface area contributed by atoms with Crippen molar-refractivity contribution in [3.63, 3.8) is 0 Å². The van der Waals surface area contributed by atoms with Gasteiger partial charge in [-0.05, 0) is 145 Å². The van der Waals surface area contributed by atoms with Gasteiger partial charge < -0.3 is 0 Å². The van der Waals surface area contributed by atoms with Crippen LogP contribution in [-0.4, -0.2) is 0 Å². The van der Waals surface area contributed by atoms with Crippen molar-refractivity contribution >= 4 is 80.6 Å². The Balaban J connectivity index is 1.74. The van der Waals surface area contributed by atoms with Gasteiger partial charge in [-0.2, -0.15) is 0 Å². The first-order chi connectivity index (χ1) is 22.2. The van der Waals surface area contributed by atoms with Crippen molar-refractivity contribution < 1.29 is 0 Å². The van der Waals surface area contributed by atoms with Crippen molar-refractivity contribution in [3.8, 4) is 0 Å². The van der Waals surface area contributed by atoms with Crippen LogP contribution in [0.25, 0.3) is 64.6 Å². The van der Waals surface area contributed by atoms with Crippen molar-refractivity contribution in [2.75, 3.05) is 0 Å². The maximum atomic E-state index is 3.98. The third-order valence-corrected chi connectivity index (χ3v) is 11.4. The lowest BCUT2D eigenvalue weighted by atomic mass is 9.75. The Bertz CT molecular complexity index is 2480. The van der Waals surface area contributed by atoms with Gasteiger partial charge in [0.15, 0.2) is 0 Å². The van der Waals surface area contributed by atoms with E-state index in [0.717, 1.165) is 0 Å². The summed E-state index contributed by atoms with van der Waals surface area (Å²) in [6, 6.07) is 28.9. The summed E-state index contributed by atoms with van der Waals surface area (Å²) >= 11 is 3.98. The molecule has 0 radical (unpaired) electrons. The van der Waals surface area contributed by atoms with Gasteiger partial charge in [-0.3, -0.25) is 0 Å².